The SMILES string of the molecule is CCC1(C)CCN(CC(N)c2cc(C)ccc2C)CC1. The van der Waals surface area contributed by atoms with Crippen molar-refractivity contribution in [1.82, 2.24) is 4.90 Å². The first-order chi connectivity index (χ1) is 9.43. The molecular weight excluding hydrogens is 244 g/mol. The lowest BCUT2D eigenvalue weighted by Gasteiger charge is -2.39. The predicted molar refractivity (Wildman–Crippen MR) is 86.9 cm³/mol. The molecule has 0 aliphatic carbocycles. The van der Waals surface area contributed by atoms with Crippen LogP contribution in [0.1, 0.15) is 55.8 Å². The molecule has 1 aromatic rings. The van der Waals surface area contributed by atoms with Crippen LogP contribution in [0.3, 0.4) is 0 Å². The maximum Gasteiger partial charge on any atom is 0.0427 e. The molecule has 1 atom stereocenters. The van der Waals surface area contributed by atoms with Crippen molar-refractivity contribution in [3.63, 3.8) is 0 Å². The third-order valence-electron chi connectivity index (χ3n) is 5.21. The Morgan fingerprint density at radius 1 is 1.25 bits per heavy atom. The second-order valence-corrected chi connectivity index (χ2v) is 6.93. The highest BCUT2D eigenvalue weighted by molar-refractivity contribution is 5.33. The molecular formula is C18H30N2. The van der Waals surface area contributed by atoms with E-state index in [0.717, 1.165) is 6.54 Å². The van der Waals surface area contributed by atoms with Crippen molar-refractivity contribution in [2.45, 2.75) is 53.0 Å². The Morgan fingerprint density at radius 2 is 1.90 bits per heavy atom. The average molecular weight is 274 g/mol. The van der Waals surface area contributed by atoms with Crippen molar-refractivity contribution < 1.29 is 0 Å². The van der Waals surface area contributed by atoms with Crippen molar-refractivity contribution in [2.75, 3.05) is 19.6 Å². The van der Waals surface area contributed by atoms with Crippen molar-refractivity contribution >= 4 is 0 Å². The average Bonchev–Trinajstić information content (AvgIpc) is 2.44. The van der Waals surface area contributed by atoms with Crippen LogP contribution in [0.15, 0.2) is 18.2 Å². The van der Waals surface area contributed by atoms with Crippen molar-refractivity contribution in [2.24, 2.45) is 11.1 Å². The standard InChI is InChI=1S/C18H30N2/c1-5-18(4)8-10-20(11-9-18)13-17(19)16-12-14(2)6-7-15(16)3/h6-7,12,17H,5,8-11,13,19H2,1-4H3. The fourth-order valence-corrected chi connectivity index (χ4v) is 3.16. The van der Waals surface area contributed by atoms with Crippen molar-refractivity contribution in [1.29, 1.82) is 0 Å². The molecule has 2 heteroatoms. The number of nitrogens with zero attached hydrogens (tertiary/aromatic N) is 1. The van der Waals surface area contributed by atoms with Crippen LogP contribution in [0, 0.1) is 19.3 Å². The molecule has 1 unspecified atom stereocenters. The third kappa shape index (κ3) is 3.62. The van der Waals surface area contributed by atoms with Gasteiger partial charge in [-0.15, -0.1) is 0 Å². The van der Waals surface area contributed by atoms with Gasteiger partial charge in [-0.25, -0.2) is 0 Å². The van der Waals surface area contributed by atoms with Gasteiger partial charge >= 0.3 is 0 Å². The number of hydrogen-bond acceptors (Lipinski definition) is 2. The van der Waals surface area contributed by atoms with E-state index < -0.39 is 0 Å². The van der Waals surface area contributed by atoms with Gasteiger partial charge in [-0.05, 0) is 56.3 Å². The maximum absolute atomic E-state index is 6.45. The fourth-order valence-electron chi connectivity index (χ4n) is 3.16. The van der Waals surface area contributed by atoms with Crippen LogP contribution >= 0.6 is 0 Å². The quantitative estimate of drug-likeness (QED) is 0.904. The second-order valence-electron chi connectivity index (χ2n) is 6.93. The number of hydrogen-bond donors (Lipinski definition) is 1. The number of benzene rings is 1. The van der Waals surface area contributed by atoms with Gasteiger partial charge < -0.3 is 10.6 Å². The summed E-state index contributed by atoms with van der Waals surface area (Å²) in [6.07, 6.45) is 3.91. The topological polar surface area (TPSA) is 29.3 Å². The van der Waals surface area contributed by atoms with Crippen LogP contribution in [0.2, 0.25) is 0 Å². The van der Waals surface area contributed by atoms with E-state index in [9.17, 15) is 0 Å². The zero-order valence-electron chi connectivity index (χ0n) is 13.6. The molecule has 0 amide bonds. The molecule has 20 heavy (non-hydrogen) atoms. The highest BCUT2D eigenvalue weighted by Crippen LogP contribution is 2.34. The zero-order chi connectivity index (χ0) is 14.8. The Morgan fingerprint density at radius 3 is 2.50 bits per heavy atom. The van der Waals surface area contributed by atoms with Gasteiger partial charge in [0.15, 0.2) is 0 Å². The Hall–Kier alpha value is -0.860. The van der Waals surface area contributed by atoms with Crippen molar-refractivity contribution in [3.8, 4) is 0 Å². The largest absolute Gasteiger partial charge is 0.323 e. The lowest BCUT2D eigenvalue weighted by Crippen LogP contribution is -2.41. The summed E-state index contributed by atoms with van der Waals surface area (Å²) in [6, 6.07) is 6.74. The van der Waals surface area contributed by atoms with Crippen LogP contribution in [0.5, 0.6) is 0 Å². The molecule has 0 bridgehead atoms. The van der Waals surface area contributed by atoms with E-state index in [-0.39, 0.29) is 6.04 Å². The molecule has 0 saturated carbocycles. The minimum absolute atomic E-state index is 0.140. The number of rotatable bonds is 4. The van der Waals surface area contributed by atoms with E-state index in [1.54, 1.807) is 0 Å². The van der Waals surface area contributed by atoms with E-state index >= 15 is 0 Å². The summed E-state index contributed by atoms with van der Waals surface area (Å²) in [5.74, 6) is 0. The van der Waals surface area contributed by atoms with E-state index in [1.807, 2.05) is 0 Å². The van der Waals surface area contributed by atoms with E-state index in [0.29, 0.717) is 5.41 Å². The minimum Gasteiger partial charge on any atom is -0.323 e. The molecule has 2 nitrogen and oxygen atoms in total. The third-order valence-corrected chi connectivity index (χ3v) is 5.21. The number of aryl methyl sites for hydroxylation is 2. The van der Waals surface area contributed by atoms with Crippen LogP contribution in [-0.2, 0) is 0 Å². The number of piperidine rings is 1. The lowest BCUT2D eigenvalue weighted by molar-refractivity contribution is 0.110. The highest BCUT2D eigenvalue weighted by Gasteiger charge is 2.28. The smallest absolute Gasteiger partial charge is 0.0427 e. The van der Waals surface area contributed by atoms with Gasteiger partial charge in [0.2, 0.25) is 0 Å². The predicted octanol–water partition coefficient (Wildman–Crippen LogP) is 3.82. The Kier molecular flexibility index (Phi) is 4.87. The highest BCUT2D eigenvalue weighted by atomic mass is 15.1. The molecule has 1 fully saturated rings. The van der Waals surface area contributed by atoms with E-state index in [4.69, 9.17) is 5.73 Å². The maximum atomic E-state index is 6.45. The van der Waals surface area contributed by atoms with Crippen molar-refractivity contribution in [3.05, 3.63) is 34.9 Å². The van der Waals surface area contributed by atoms with Crippen LogP contribution < -0.4 is 5.73 Å². The molecule has 2 rings (SSSR count). The molecule has 1 saturated heterocycles. The molecule has 1 aliphatic rings. The van der Waals surface area contributed by atoms with Crippen LogP contribution in [-0.4, -0.2) is 24.5 Å². The molecule has 1 aromatic carbocycles. The zero-order valence-corrected chi connectivity index (χ0v) is 13.6. The fraction of sp³-hybridized carbons (Fsp3) is 0.667. The molecule has 2 N–H and O–H groups in total. The summed E-state index contributed by atoms with van der Waals surface area (Å²) in [6.45, 7) is 12.4. The normalized spacial score (nSPS) is 20.9. The molecule has 112 valence electrons. The first kappa shape index (κ1) is 15.5. The van der Waals surface area contributed by atoms with Gasteiger partial charge in [0.05, 0.1) is 0 Å². The summed E-state index contributed by atoms with van der Waals surface area (Å²) in [4.78, 5) is 2.55. The first-order valence-electron chi connectivity index (χ1n) is 7.98. The lowest BCUT2D eigenvalue weighted by atomic mass is 9.78. The van der Waals surface area contributed by atoms with E-state index in [1.165, 1.54) is 49.0 Å². The van der Waals surface area contributed by atoms with Crippen LogP contribution in [0.25, 0.3) is 0 Å². The Bertz CT molecular complexity index is 445. The Balaban J connectivity index is 1.96. The Labute approximate surface area is 124 Å². The number of likely N-dealkylation sites (tertiary alicyclic amines) is 1. The van der Waals surface area contributed by atoms with Crippen LogP contribution in [0.4, 0.5) is 0 Å². The number of nitrogens with two attached hydrogens (primary N) is 1. The van der Waals surface area contributed by atoms with Gasteiger partial charge in [-0.3, -0.25) is 0 Å². The molecule has 1 heterocycles. The summed E-state index contributed by atoms with van der Waals surface area (Å²) in [7, 11) is 0. The van der Waals surface area contributed by atoms with Gasteiger partial charge in [0.1, 0.15) is 0 Å². The summed E-state index contributed by atoms with van der Waals surface area (Å²) < 4.78 is 0. The molecule has 0 radical (unpaired) electrons. The van der Waals surface area contributed by atoms with Gasteiger partial charge in [0.25, 0.3) is 0 Å². The molecule has 1 aliphatic heterocycles. The monoisotopic (exact) mass is 274 g/mol. The van der Waals surface area contributed by atoms with Gasteiger partial charge in [0, 0.05) is 12.6 Å². The summed E-state index contributed by atoms with van der Waals surface area (Å²) in [5.41, 5.74) is 10.9. The van der Waals surface area contributed by atoms with Gasteiger partial charge in [-0.2, -0.15) is 0 Å². The van der Waals surface area contributed by atoms with E-state index in [2.05, 4.69) is 50.8 Å². The first-order valence-corrected chi connectivity index (χ1v) is 7.98. The summed E-state index contributed by atoms with van der Waals surface area (Å²) in [5, 5.41) is 0. The minimum atomic E-state index is 0.140. The van der Waals surface area contributed by atoms with Gasteiger partial charge in [-0.1, -0.05) is 44.0 Å². The second kappa shape index (κ2) is 6.28. The summed E-state index contributed by atoms with van der Waals surface area (Å²) >= 11 is 0. The molecule has 0 spiro atoms. The molecule has 0 aromatic heterocycles.